The molecule has 0 bridgehead atoms. The fourth-order valence-electron chi connectivity index (χ4n) is 2.47. The van der Waals surface area contributed by atoms with Crippen molar-refractivity contribution in [3.63, 3.8) is 0 Å². The van der Waals surface area contributed by atoms with Gasteiger partial charge in [-0.25, -0.2) is 9.67 Å². The second kappa shape index (κ2) is 7.59. The topological polar surface area (TPSA) is 59.8 Å². The maximum absolute atomic E-state index is 12.4. The Balaban J connectivity index is 2.28. The van der Waals surface area contributed by atoms with E-state index in [1.54, 1.807) is 11.0 Å². The van der Waals surface area contributed by atoms with Gasteiger partial charge in [-0.15, -0.1) is 0 Å². The van der Waals surface area contributed by atoms with Gasteiger partial charge in [0.2, 0.25) is 5.91 Å². The zero-order valence-corrected chi connectivity index (χ0v) is 14.6. The molecule has 0 aliphatic carbocycles. The van der Waals surface area contributed by atoms with E-state index < -0.39 is 5.66 Å². The summed E-state index contributed by atoms with van der Waals surface area (Å²) >= 11 is 5.98. The number of carbonyl (C=O) groups excluding carboxylic acids is 1. The molecule has 0 spiro atoms. The first-order valence-corrected chi connectivity index (χ1v) is 8.29. The van der Waals surface area contributed by atoms with Gasteiger partial charge in [0.25, 0.3) is 0 Å². The molecule has 6 heteroatoms. The van der Waals surface area contributed by atoms with Crippen LogP contribution in [0.3, 0.4) is 0 Å². The summed E-state index contributed by atoms with van der Waals surface area (Å²) in [5.74, 6) is 0.662. The molecule has 0 fully saturated rings. The standard InChI is InChI=1S/C17H23ClN4O/c1-4-5-6-7-16(23)20-17(3,22-12-19-13(2)21-22)14-8-10-15(18)11-9-14/h8-12H,4-7H2,1-3H3,(H,20,23). The Kier molecular flexibility index (Phi) is 5.77. The first-order valence-electron chi connectivity index (χ1n) is 7.91. The van der Waals surface area contributed by atoms with Crippen molar-refractivity contribution in [2.45, 2.75) is 52.1 Å². The first-order chi connectivity index (χ1) is 11.0. The van der Waals surface area contributed by atoms with E-state index in [9.17, 15) is 4.79 Å². The molecule has 2 aromatic rings. The lowest BCUT2D eigenvalue weighted by molar-refractivity contribution is -0.123. The normalized spacial score (nSPS) is 13.6. The van der Waals surface area contributed by atoms with Gasteiger partial charge in [0.05, 0.1) is 0 Å². The number of aryl methyl sites for hydroxylation is 1. The van der Waals surface area contributed by atoms with Crippen LogP contribution < -0.4 is 5.32 Å². The molecule has 5 nitrogen and oxygen atoms in total. The highest BCUT2D eigenvalue weighted by molar-refractivity contribution is 6.30. The van der Waals surface area contributed by atoms with E-state index in [4.69, 9.17) is 11.6 Å². The highest BCUT2D eigenvalue weighted by Crippen LogP contribution is 2.24. The molecule has 0 saturated carbocycles. The molecule has 23 heavy (non-hydrogen) atoms. The molecule has 1 amide bonds. The number of benzene rings is 1. The Hall–Kier alpha value is -1.88. The zero-order valence-electron chi connectivity index (χ0n) is 13.8. The minimum atomic E-state index is -0.796. The Morgan fingerprint density at radius 2 is 2.00 bits per heavy atom. The van der Waals surface area contributed by atoms with Crippen molar-refractivity contribution in [2.24, 2.45) is 0 Å². The lowest BCUT2D eigenvalue weighted by atomic mass is 10.0. The lowest BCUT2D eigenvalue weighted by Crippen LogP contribution is -2.49. The summed E-state index contributed by atoms with van der Waals surface area (Å²) in [6, 6.07) is 7.40. The van der Waals surface area contributed by atoms with Gasteiger partial charge in [-0.3, -0.25) is 4.79 Å². The zero-order chi connectivity index (χ0) is 16.9. The summed E-state index contributed by atoms with van der Waals surface area (Å²) in [5.41, 5.74) is 0.102. The van der Waals surface area contributed by atoms with Crippen molar-refractivity contribution >= 4 is 17.5 Å². The second-order valence-corrected chi connectivity index (χ2v) is 6.26. The van der Waals surface area contributed by atoms with Gasteiger partial charge in [0.1, 0.15) is 12.2 Å². The number of amides is 1. The number of nitrogens with one attached hydrogen (secondary N) is 1. The van der Waals surface area contributed by atoms with E-state index in [1.807, 2.05) is 38.1 Å². The van der Waals surface area contributed by atoms with Crippen LogP contribution in [0, 0.1) is 6.92 Å². The number of nitrogens with zero attached hydrogens (tertiary/aromatic N) is 3. The molecule has 0 aliphatic rings. The summed E-state index contributed by atoms with van der Waals surface area (Å²) in [4.78, 5) is 16.5. The molecule has 0 radical (unpaired) electrons. The van der Waals surface area contributed by atoms with Crippen molar-refractivity contribution < 1.29 is 4.79 Å². The minimum Gasteiger partial charge on any atom is -0.328 e. The van der Waals surface area contributed by atoms with Crippen molar-refractivity contribution in [1.29, 1.82) is 0 Å². The van der Waals surface area contributed by atoms with Crippen molar-refractivity contribution in [2.75, 3.05) is 0 Å². The predicted molar refractivity (Wildman–Crippen MR) is 91.2 cm³/mol. The summed E-state index contributed by atoms with van der Waals surface area (Å²) in [6.45, 7) is 5.86. The number of halogens is 1. The molecule has 124 valence electrons. The number of aromatic nitrogens is 3. The number of rotatable bonds is 7. The summed E-state index contributed by atoms with van der Waals surface area (Å²) < 4.78 is 1.68. The highest BCUT2D eigenvalue weighted by atomic mass is 35.5. The van der Waals surface area contributed by atoms with E-state index >= 15 is 0 Å². The fourth-order valence-corrected chi connectivity index (χ4v) is 2.59. The van der Waals surface area contributed by atoms with Crippen LogP contribution in [0.2, 0.25) is 5.02 Å². The van der Waals surface area contributed by atoms with Gasteiger partial charge in [0.15, 0.2) is 5.66 Å². The van der Waals surface area contributed by atoms with Crippen LogP contribution in [-0.4, -0.2) is 20.7 Å². The molecule has 2 rings (SSSR count). The van der Waals surface area contributed by atoms with E-state index in [2.05, 4.69) is 22.3 Å². The fraction of sp³-hybridized carbons (Fsp3) is 0.471. The van der Waals surface area contributed by atoms with Crippen LogP contribution >= 0.6 is 11.6 Å². The molecule has 1 N–H and O–H groups in total. The van der Waals surface area contributed by atoms with Gasteiger partial charge in [-0.2, -0.15) is 5.10 Å². The third-order valence-corrected chi connectivity index (χ3v) is 4.11. The number of carbonyl (C=O) groups is 1. The monoisotopic (exact) mass is 334 g/mol. The van der Waals surface area contributed by atoms with Crippen LogP contribution in [0.1, 0.15) is 50.9 Å². The average molecular weight is 335 g/mol. The Bertz CT molecular complexity index is 653. The number of hydrogen-bond donors (Lipinski definition) is 1. The first kappa shape index (κ1) is 17.5. The summed E-state index contributed by atoms with van der Waals surface area (Å²) in [5, 5.41) is 8.14. The molecule has 0 saturated heterocycles. The second-order valence-electron chi connectivity index (χ2n) is 5.82. The third kappa shape index (κ3) is 4.32. The molecule has 1 aromatic heterocycles. The van der Waals surface area contributed by atoms with Gasteiger partial charge >= 0.3 is 0 Å². The Labute approximate surface area is 142 Å². The molecule has 1 aromatic carbocycles. The van der Waals surface area contributed by atoms with Crippen molar-refractivity contribution in [1.82, 2.24) is 20.1 Å². The smallest absolute Gasteiger partial charge is 0.222 e. The largest absolute Gasteiger partial charge is 0.328 e. The average Bonchev–Trinajstić information content (AvgIpc) is 2.95. The Morgan fingerprint density at radius 3 is 2.57 bits per heavy atom. The van der Waals surface area contributed by atoms with Crippen molar-refractivity contribution in [3.8, 4) is 0 Å². The van der Waals surface area contributed by atoms with Gasteiger partial charge in [0, 0.05) is 11.4 Å². The molecular formula is C17H23ClN4O. The van der Waals surface area contributed by atoms with E-state index in [0.717, 1.165) is 24.8 Å². The molecular weight excluding hydrogens is 312 g/mol. The minimum absolute atomic E-state index is 0.00375. The number of hydrogen-bond acceptors (Lipinski definition) is 3. The van der Waals surface area contributed by atoms with E-state index in [1.165, 1.54) is 0 Å². The van der Waals surface area contributed by atoms with Gasteiger partial charge in [-0.1, -0.05) is 43.5 Å². The maximum atomic E-state index is 12.4. The predicted octanol–water partition coefficient (Wildman–Crippen LogP) is 3.66. The highest BCUT2D eigenvalue weighted by Gasteiger charge is 2.31. The van der Waals surface area contributed by atoms with Gasteiger partial charge < -0.3 is 5.32 Å². The van der Waals surface area contributed by atoms with Crippen LogP contribution in [-0.2, 0) is 10.5 Å². The maximum Gasteiger partial charge on any atom is 0.222 e. The van der Waals surface area contributed by atoms with Crippen LogP contribution in [0.25, 0.3) is 0 Å². The van der Waals surface area contributed by atoms with Crippen LogP contribution in [0.4, 0.5) is 0 Å². The lowest BCUT2D eigenvalue weighted by Gasteiger charge is -2.31. The van der Waals surface area contributed by atoms with E-state index in [-0.39, 0.29) is 5.91 Å². The SMILES string of the molecule is CCCCCC(=O)NC(C)(c1ccc(Cl)cc1)n1cnc(C)n1. The molecule has 0 aliphatic heterocycles. The summed E-state index contributed by atoms with van der Waals surface area (Å²) in [7, 11) is 0. The van der Waals surface area contributed by atoms with Crippen molar-refractivity contribution in [3.05, 3.63) is 47.0 Å². The van der Waals surface area contributed by atoms with Gasteiger partial charge in [-0.05, 0) is 38.0 Å². The van der Waals surface area contributed by atoms with E-state index in [0.29, 0.717) is 17.3 Å². The van der Waals surface area contributed by atoms with Crippen LogP contribution in [0.5, 0.6) is 0 Å². The summed E-state index contributed by atoms with van der Waals surface area (Å²) in [6.07, 6.45) is 5.16. The molecule has 1 unspecified atom stereocenters. The Morgan fingerprint density at radius 1 is 1.30 bits per heavy atom. The third-order valence-electron chi connectivity index (χ3n) is 3.86. The number of unbranched alkanes of at least 4 members (excludes halogenated alkanes) is 2. The molecule has 1 heterocycles. The quantitative estimate of drug-likeness (QED) is 0.786. The molecule has 1 atom stereocenters. The van der Waals surface area contributed by atoms with Crippen LogP contribution in [0.15, 0.2) is 30.6 Å².